The topological polar surface area (TPSA) is 130 Å². The van der Waals surface area contributed by atoms with Gasteiger partial charge in [-0.3, -0.25) is 14.5 Å². The van der Waals surface area contributed by atoms with E-state index in [9.17, 15) is 18.0 Å². The van der Waals surface area contributed by atoms with Crippen LogP contribution in [0.25, 0.3) is 0 Å². The van der Waals surface area contributed by atoms with Crippen LogP contribution in [0.4, 0.5) is 0 Å². The van der Waals surface area contributed by atoms with E-state index >= 15 is 0 Å². The molecule has 0 aromatic heterocycles. The molecule has 9 heteroatoms. The second-order valence-electron chi connectivity index (χ2n) is 7.61. The number of nitrogens with two attached hydrogens (primary N) is 1. The smallest absolute Gasteiger partial charge is 0.317 e. The molecular formula is C18H25N3O5S. The van der Waals surface area contributed by atoms with Crippen molar-refractivity contribution in [3.63, 3.8) is 0 Å². The molecule has 0 saturated heterocycles. The van der Waals surface area contributed by atoms with Gasteiger partial charge in [0.05, 0.1) is 17.0 Å². The molecule has 1 aromatic carbocycles. The van der Waals surface area contributed by atoms with Gasteiger partial charge in [-0.1, -0.05) is 11.6 Å². The van der Waals surface area contributed by atoms with Gasteiger partial charge in [-0.2, -0.15) is 0 Å². The van der Waals surface area contributed by atoms with Crippen molar-refractivity contribution in [1.82, 2.24) is 10.2 Å². The molecule has 1 aromatic rings. The van der Waals surface area contributed by atoms with E-state index in [0.717, 1.165) is 24.9 Å². The number of aryl methyl sites for hydroxylation is 1. The van der Waals surface area contributed by atoms with Gasteiger partial charge in [0.1, 0.15) is 0 Å². The molecule has 2 fully saturated rings. The van der Waals surface area contributed by atoms with Crippen molar-refractivity contribution in [2.75, 3.05) is 13.1 Å². The van der Waals surface area contributed by atoms with Gasteiger partial charge in [0, 0.05) is 18.6 Å². The third-order valence-electron chi connectivity index (χ3n) is 5.18. The highest BCUT2D eigenvalue weighted by Gasteiger charge is 2.38. The summed E-state index contributed by atoms with van der Waals surface area (Å²) < 4.78 is 23.5. The number of nitrogens with zero attached hydrogens (tertiary/aromatic N) is 1. The minimum absolute atomic E-state index is 0.00920. The number of carboxylic acids is 1. The Morgan fingerprint density at radius 3 is 2.52 bits per heavy atom. The third kappa shape index (κ3) is 5.06. The number of primary sulfonamides is 1. The number of hydrogen-bond acceptors (Lipinski definition) is 5. The predicted molar refractivity (Wildman–Crippen MR) is 98.8 cm³/mol. The summed E-state index contributed by atoms with van der Waals surface area (Å²) in [4.78, 5) is 25.4. The van der Waals surface area contributed by atoms with E-state index in [2.05, 4.69) is 5.32 Å². The summed E-state index contributed by atoms with van der Waals surface area (Å²) in [6, 6.07) is 4.47. The van der Waals surface area contributed by atoms with E-state index in [1.54, 1.807) is 13.0 Å². The van der Waals surface area contributed by atoms with E-state index in [1.165, 1.54) is 12.1 Å². The van der Waals surface area contributed by atoms with E-state index < -0.39 is 21.9 Å². The minimum atomic E-state index is -4.00. The first-order valence-electron chi connectivity index (χ1n) is 9.03. The zero-order valence-corrected chi connectivity index (χ0v) is 16.0. The van der Waals surface area contributed by atoms with Crippen LogP contribution in [0, 0.1) is 12.8 Å². The Hall–Kier alpha value is -1.97. The fourth-order valence-corrected chi connectivity index (χ4v) is 4.20. The van der Waals surface area contributed by atoms with Crippen LogP contribution in [0.5, 0.6) is 0 Å². The Bertz CT molecular complexity index is 845. The van der Waals surface area contributed by atoms with Gasteiger partial charge in [0.2, 0.25) is 10.0 Å². The average molecular weight is 395 g/mol. The Balaban J connectivity index is 1.62. The minimum Gasteiger partial charge on any atom is -0.480 e. The summed E-state index contributed by atoms with van der Waals surface area (Å²) in [7, 11) is -4.00. The molecule has 1 amide bonds. The number of hydrogen-bond donors (Lipinski definition) is 3. The molecule has 3 rings (SSSR count). The van der Waals surface area contributed by atoms with Gasteiger partial charge in [-0.25, -0.2) is 13.6 Å². The number of nitrogens with one attached hydrogen (secondary N) is 1. The van der Waals surface area contributed by atoms with E-state index in [1.807, 2.05) is 4.90 Å². The van der Waals surface area contributed by atoms with Crippen LogP contribution >= 0.6 is 0 Å². The van der Waals surface area contributed by atoms with Gasteiger partial charge < -0.3 is 10.4 Å². The maximum atomic E-state index is 12.6. The number of carbonyl (C=O) groups is 2. The first kappa shape index (κ1) is 19.8. The maximum Gasteiger partial charge on any atom is 0.317 e. The molecule has 148 valence electrons. The highest BCUT2D eigenvalue weighted by Crippen LogP contribution is 2.34. The van der Waals surface area contributed by atoms with Crippen molar-refractivity contribution < 1.29 is 23.1 Å². The molecule has 2 aliphatic carbocycles. The van der Waals surface area contributed by atoms with Gasteiger partial charge in [-0.15, -0.1) is 0 Å². The maximum absolute atomic E-state index is 12.6. The van der Waals surface area contributed by atoms with Crippen LogP contribution in [0.15, 0.2) is 23.1 Å². The highest BCUT2D eigenvalue weighted by molar-refractivity contribution is 7.89. The second kappa shape index (κ2) is 7.57. The summed E-state index contributed by atoms with van der Waals surface area (Å²) in [5, 5.41) is 17.2. The summed E-state index contributed by atoms with van der Waals surface area (Å²) in [6.45, 7) is 2.56. The normalized spacial score (nSPS) is 22.3. The quantitative estimate of drug-likeness (QED) is 0.594. The zero-order valence-electron chi connectivity index (χ0n) is 15.2. The molecule has 4 N–H and O–H groups in total. The molecule has 27 heavy (non-hydrogen) atoms. The lowest BCUT2D eigenvalue weighted by atomic mass is 9.85. The standard InChI is InChI=1S/C18H25N3O5S/c1-11-2-5-16(27(19,25)26)15(6-11)18(24)20-13-7-14(8-13)21(10-17(22)23)9-12-3-4-12/h2,5-6,12-14H,3-4,7-10H2,1H3,(H,20,24)(H,22,23)(H2,19,25,26). The summed E-state index contributed by atoms with van der Waals surface area (Å²) in [6.07, 6.45) is 3.60. The molecule has 0 heterocycles. The fraction of sp³-hybridized carbons (Fsp3) is 0.556. The third-order valence-corrected chi connectivity index (χ3v) is 6.15. The Morgan fingerprint density at radius 2 is 1.96 bits per heavy atom. The number of sulfonamides is 1. The van der Waals surface area contributed by atoms with Crippen LogP contribution in [0.3, 0.4) is 0 Å². The SMILES string of the molecule is Cc1ccc(S(N)(=O)=O)c(C(=O)NC2CC(N(CC(=O)O)CC3CC3)C2)c1. The van der Waals surface area contributed by atoms with Crippen molar-refractivity contribution in [3.8, 4) is 0 Å². The van der Waals surface area contributed by atoms with Crippen LogP contribution in [0.2, 0.25) is 0 Å². The van der Waals surface area contributed by atoms with Crippen molar-refractivity contribution in [2.45, 2.75) is 49.6 Å². The number of carboxylic acid groups (broad SMARTS) is 1. The van der Waals surface area contributed by atoms with Crippen molar-refractivity contribution in [2.24, 2.45) is 11.1 Å². The number of rotatable bonds is 8. The molecule has 0 atom stereocenters. The Kier molecular flexibility index (Phi) is 5.55. The fourth-order valence-electron chi connectivity index (χ4n) is 3.48. The van der Waals surface area contributed by atoms with E-state index in [0.29, 0.717) is 18.8 Å². The Labute approximate surface area is 158 Å². The number of aliphatic carboxylic acids is 1. The number of benzene rings is 1. The molecule has 8 nitrogen and oxygen atoms in total. The monoisotopic (exact) mass is 395 g/mol. The summed E-state index contributed by atoms with van der Waals surface area (Å²) in [5.74, 6) is -0.735. The van der Waals surface area contributed by atoms with E-state index in [-0.39, 0.29) is 29.1 Å². The molecule has 0 unspecified atom stereocenters. The Morgan fingerprint density at radius 1 is 1.30 bits per heavy atom. The summed E-state index contributed by atoms with van der Waals surface area (Å²) >= 11 is 0. The van der Waals surface area contributed by atoms with Crippen LogP contribution < -0.4 is 10.5 Å². The first-order chi connectivity index (χ1) is 12.6. The molecule has 2 saturated carbocycles. The van der Waals surface area contributed by atoms with E-state index in [4.69, 9.17) is 10.2 Å². The number of carbonyl (C=O) groups excluding carboxylic acids is 1. The van der Waals surface area contributed by atoms with Crippen LogP contribution in [0.1, 0.15) is 41.6 Å². The van der Waals surface area contributed by atoms with Crippen molar-refractivity contribution >= 4 is 21.9 Å². The lowest BCUT2D eigenvalue weighted by Crippen LogP contribution is -2.55. The number of amides is 1. The van der Waals surface area contributed by atoms with Crippen molar-refractivity contribution in [1.29, 1.82) is 0 Å². The molecule has 0 aliphatic heterocycles. The lowest BCUT2D eigenvalue weighted by Gasteiger charge is -2.42. The van der Waals surface area contributed by atoms with Gasteiger partial charge in [0.15, 0.2) is 0 Å². The highest BCUT2D eigenvalue weighted by atomic mass is 32.2. The second-order valence-corrected chi connectivity index (χ2v) is 9.14. The van der Waals surface area contributed by atoms with Gasteiger partial charge >= 0.3 is 5.97 Å². The summed E-state index contributed by atoms with van der Waals surface area (Å²) in [5.41, 5.74) is 0.803. The molecular weight excluding hydrogens is 370 g/mol. The molecule has 0 spiro atoms. The first-order valence-corrected chi connectivity index (χ1v) is 10.6. The average Bonchev–Trinajstić information content (AvgIpc) is 3.31. The van der Waals surface area contributed by atoms with Crippen molar-refractivity contribution in [3.05, 3.63) is 29.3 Å². The largest absolute Gasteiger partial charge is 0.480 e. The van der Waals surface area contributed by atoms with Crippen LogP contribution in [-0.2, 0) is 14.8 Å². The molecule has 2 aliphatic rings. The predicted octanol–water partition coefficient (Wildman–Crippen LogP) is 0.700. The van der Waals surface area contributed by atoms with Crippen LogP contribution in [-0.4, -0.2) is 55.5 Å². The van der Waals surface area contributed by atoms with Gasteiger partial charge in [-0.05, 0) is 50.7 Å². The molecule has 0 radical (unpaired) electrons. The lowest BCUT2D eigenvalue weighted by molar-refractivity contribution is -0.139. The molecule has 0 bridgehead atoms. The van der Waals surface area contributed by atoms with Gasteiger partial charge in [0.25, 0.3) is 5.91 Å². The zero-order chi connectivity index (χ0) is 19.8.